The third kappa shape index (κ3) is 2.94. The van der Waals surface area contributed by atoms with E-state index in [0.717, 1.165) is 17.6 Å². The van der Waals surface area contributed by atoms with Crippen LogP contribution in [0.15, 0.2) is 30.0 Å². The second kappa shape index (κ2) is 5.35. The zero-order chi connectivity index (χ0) is 11.3. The quantitative estimate of drug-likeness (QED) is 0.555. The summed E-state index contributed by atoms with van der Waals surface area (Å²) < 4.78 is 4.89. The molecular weight excluding hydrogens is 188 g/mol. The second-order valence-electron chi connectivity index (χ2n) is 3.47. The van der Waals surface area contributed by atoms with Crippen LogP contribution in [0.25, 0.3) is 5.57 Å². The van der Waals surface area contributed by atoms with Gasteiger partial charge < -0.3 is 4.74 Å². The number of carbonyl (C=O) groups is 1. The van der Waals surface area contributed by atoms with Crippen LogP contribution >= 0.6 is 0 Å². The molecule has 80 valence electrons. The van der Waals surface area contributed by atoms with Crippen molar-refractivity contribution in [3.8, 4) is 0 Å². The Bertz CT molecular complexity index is 378. The van der Waals surface area contributed by atoms with E-state index >= 15 is 0 Å². The molecule has 2 nitrogen and oxygen atoms in total. The van der Waals surface area contributed by atoms with Gasteiger partial charge in [-0.1, -0.05) is 36.8 Å². The molecule has 0 aliphatic rings. The van der Waals surface area contributed by atoms with Crippen molar-refractivity contribution in [1.82, 2.24) is 0 Å². The van der Waals surface area contributed by atoms with E-state index in [1.165, 1.54) is 5.56 Å². The SMILES string of the molecule is CC/C(=C(\C)OC=O)c1cccc(C)c1. The normalized spacial score (nSPS) is 11.9. The summed E-state index contributed by atoms with van der Waals surface area (Å²) in [5, 5.41) is 0. The van der Waals surface area contributed by atoms with Crippen molar-refractivity contribution in [3.05, 3.63) is 41.2 Å². The highest BCUT2D eigenvalue weighted by Gasteiger charge is 2.05. The van der Waals surface area contributed by atoms with Gasteiger partial charge in [0.2, 0.25) is 0 Å². The molecule has 0 bridgehead atoms. The Kier molecular flexibility index (Phi) is 4.10. The van der Waals surface area contributed by atoms with Gasteiger partial charge in [-0.2, -0.15) is 0 Å². The molecule has 1 rings (SSSR count). The standard InChI is InChI=1S/C13H16O2/c1-4-13(11(3)15-9-14)12-7-5-6-10(2)8-12/h5-9H,4H2,1-3H3/b13-11-. The topological polar surface area (TPSA) is 26.3 Å². The first-order chi connectivity index (χ1) is 7.19. The summed E-state index contributed by atoms with van der Waals surface area (Å²) >= 11 is 0. The number of hydrogen-bond acceptors (Lipinski definition) is 2. The first-order valence-corrected chi connectivity index (χ1v) is 5.06. The highest BCUT2D eigenvalue weighted by Crippen LogP contribution is 2.23. The van der Waals surface area contributed by atoms with Crippen LogP contribution in [0.4, 0.5) is 0 Å². The van der Waals surface area contributed by atoms with E-state index in [-0.39, 0.29) is 0 Å². The summed E-state index contributed by atoms with van der Waals surface area (Å²) in [4.78, 5) is 10.3. The Hall–Kier alpha value is -1.57. The summed E-state index contributed by atoms with van der Waals surface area (Å²) in [5.74, 6) is 0.679. The molecule has 0 spiro atoms. The van der Waals surface area contributed by atoms with Crippen molar-refractivity contribution in [3.63, 3.8) is 0 Å². The monoisotopic (exact) mass is 204 g/mol. The molecular formula is C13H16O2. The number of hydrogen-bond donors (Lipinski definition) is 0. The van der Waals surface area contributed by atoms with Crippen molar-refractivity contribution < 1.29 is 9.53 Å². The third-order valence-electron chi connectivity index (χ3n) is 2.37. The van der Waals surface area contributed by atoms with E-state index in [1.807, 2.05) is 32.0 Å². The minimum absolute atomic E-state index is 0.473. The molecule has 0 saturated carbocycles. The van der Waals surface area contributed by atoms with Crippen molar-refractivity contribution in [2.24, 2.45) is 0 Å². The van der Waals surface area contributed by atoms with Crippen molar-refractivity contribution >= 4 is 12.0 Å². The van der Waals surface area contributed by atoms with Crippen LogP contribution in [0.2, 0.25) is 0 Å². The van der Waals surface area contributed by atoms with E-state index in [0.29, 0.717) is 12.2 Å². The molecule has 1 aromatic carbocycles. The Morgan fingerprint density at radius 1 is 1.47 bits per heavy atom. The van der Waals surface area contributed by atoms with Gasteiger partial charge in [0.25, 0.3) is 6.47 Å². The van der Waals surface area contributed by atoms with Crippen LogP contribution in [-0.2, 0) is 9.53 Å². The predicted molar refractivity (Wildman–Crippen MR) is 61.2 cm³/mol. The van der Waals surface area contributed by atoms with Gasteiger partial charge in [-0.05, 0) is 31.4 Å². The minimum atomic E-state index is 0.473. The fourth-order valence-corrected chi connectivity index (χ4v) is 1.63. The lowest BCUT2D eigenvalue weighted by Gasteiger charge is -2.09. The fourth-order valence-electron chi connectivity index (χ4n) is 1.63. The van der Waals surface area contributed by atoms with Crippen molar-refractivity contribution in [2.45, 2.75) is 27.2 Å². The van der Waals surface area contributed by atoms with Crippen LogP contribution < -0.4 is 0 Å². The molecule has 0 aromatic heterocycles. The summed E-state index contributed by atoms with van der Waals surface area (Å²) in [7, 11) is 0. The summed E-state index contributed by atoms with van der Waals surface area (Å²) in [6, 6.07) is 8.18. The molecule has 0 aliphatic carbocycles. The van der Waals surface area contributed by atoms with Gasteiger partial charge >= 0.3 is 0 Å². The maximum Gasteiger partial charge on any atom is 0.298 e. The summed E-state index contributed by atoms with van der Waals surface area (Å²) in [5.41, 5.74) is 3.40. The van der Waals surface area contributed by atoms with Crippen molar-refractivity contribution in [2.75, 3.05) is 0 Å². The molecule has 0 N–H and O–H groups in total. The van der Waals surface area contributed by atoms with E-state index in [4.69, 9.17) is 4.74 Å². The zero-order valence-electron chi connectivity index (χ0n) is 9.41. The number of allylic oxidation sites excluding steroid dienone is 2. The molecule has 0 heterocycles. The Morgan fingerprint density at radius 2 is 2.20 bits per heavy atom. The van der Waals surface area contributed by atoms with Crippen LogP contribution in [-0.4, -0.2) is 6.47 Å². The van der Waals surface area contributed by atoms with Crippen LogP contribution in [0.5, 0.6) is 0 Å². The average molecular weight is 204 g/mol. The van der Waals surface area contributed by atoms with Gasteiger partial charge in [-0.3, -0.25) is 4.79 Å². The number of aryl methyl sites for hydroxylation is 1. The van der Waals surface area contributed by atoms with Crippen molar-refractivity contribution in [1.29, 1.82) is 0 Å². The van der Waals surface area contributed by atoms with E-state index in [2.05, 4.69) is 13.0 Å². The van der Waals surface area contributed by atoms with Gasteiger partial charge in [0.05, 0.1) is 0 Å². The third-order valence-corrected chi connectivity index (χ3v) is 2.37. The van der Waals surface area contributed by atoms with Gasteiger partial charge in [-0.25, -0.2) is 0 Å². The van der Waals surface area contributed by atoms with Gasteiger partial charge in [0, 0.05) is 0 Å². The van der Waals surface area contributed by atoms with E-state index in [1.54, 1.807) is 0 Å². The lowest BCUT2D eigenvalue weighted by atomic mass is 10.0. The Balaban J connectivity index is 3.12. The maximum absolute atomic E-state index is 10.3. The first kappa shape index (κ1) is 11.5. The fraction of sp³-hybridized carbons (Fsp3) is 0.308. The first-order valence-electron chi connectivity index (χ1n) is 5.06. The number of carbonyl (C=O) groups excluding carboxylic acids is 1. The predicted octanol–water partition coefficient (Wildman–Crippen LogP) is 3.31. The average Bonchev–Trinajstić information content (AvgIpc) is 2.19. The maximum atomic E-state index is 10.3. The minimum Gasteiger partial charge on any atom is -0.433 e. The second-order valence-corrected chi connectivity index (χ2v) is 3.47. The highest BCUT2D eigenvalue weighted by atomic mass is 16.5. The number of rotatable bonds is 4. The molecule has 2 heteroatoms. The molecule has 0 fully saturated rings. The molecule has 0 amide bonds. The lowest BCUT2D eigenvalue weighted by molar-refractivity contribution is -0.124. The molecule has 0 unspecified atom stereocenters. The molecule has 15 heavy (non-hydrogen) atoms. The van der Waals surface area contributed by atoms with Crippen LogP contribution in [0.3, 0.4) is 0 Å². The van der Waals surface area contributed by atoms with Crippen LogP contribution in [0, 0.1) is 6.92 Å². The van der Waals surface area contributed by atoms with Gasteiger partial charge in [0.15, 0.2) is 0 Å². The summed E-state index contributed by atoms with van der Waals surface area (Å²) in [6.07, 6.45) is 0.850. The highest BCUT2D eigenvalue weighted by molar-refractivity contribution is 5.68. The molecule has 0 atom stereocenters. The van der Waals surface area contributed by atoms with Gasteiger partial charge in [0.1, 0.15) is 5.76 Å². The molecule has 0 saturated heterocycles. The number of benzene rings is 1. The largest absolute Gasteiger partial charge is 0.433 e. The Morgan fingerprint density at radius 3 is 2.73 bits per heavy atom. The van der Waals surface area contributed by atoms with E-state index in [9.17, 15) is 4.79 Å². The Labute approximate surface area is 90.6 Å². The summed E-state index contributed by atoms with van der Waals surface area (Å²) in [6.45, 7) is 6.39. The number of ether oxygens (including phenoxy) is 1. The van der Waals surface area contributed by atoms with Gasteiger partial charge in [-0.15, -0.1) is 0 Å². The van der Waals surface area contributed by atoms with Crippen LogP contribution in [0.1, 0.15) is 31.4 Å². The smallest absolute Gasteiger partial charge is 0.298 e. The molecule has 0 aliphatic heterocycles. The molecule has 1 aromatic rings. The zero-order valence-corrected chi connectivity index (χ0v) is 9.41. The van der Waals surface area contributed by atoms with E-state index < -0.39 is 0 Å². The molecule has 0 radical (unpaired) electrons. The lowest BCUT2D eigenvalue weighted by Crippen LogP contribution is -1.92.